The number of hydrogen-bond donors (Lipinski definition) is 2. The summed E-state index contributed by atoms with van der Waals surface area (Å²) >= 11 is 0. The first-order chi connectivity index (χ1) is 12.1. The minimum atomic E-state index is -0.823. The summed E-state index contributed by atoms with van der Waals surface area (Å²) in [5.74, 6) is 0.630. The lowest BCUT2D eigenvalue weighted by Crippen LogP contribution is -2.37. The van der Waals surface area contributed by atoms with Gasteiger partial charge in [-0.25, -0.2) is 0 Å². The quantitative estimate of drug-likeness (QED) is 0.684. The van der Waals surface area contributed by atoms with E-state index in [1.807, 2.05) is 6.07 Å². The van der Waals surface area contributed by atoms with Gasteiger partial charge >= 0.3 is 0 Å². The highest BCUT2D eigenvalue weighted by Crippen LogP contribution is 2.17. The van der Waals surface area contributed by atoms with Crippen molar-refractivity contribution in [2.24, 2.45) is 5.73 Å². The van der Waals surface area contributed by atoms with Crippen LogP contribution in [0.2, 0.25) is 0 Å². The van der Waals surface area contributed by atoms with E-state index < -0.39 is 11.9 Å². The molecule has 0 saturated carbocycles. The van der Waals surface area contributed by atoms with Gasteiger partial charge in [0.1, 0.15) is 17.5 Å². The number of hydrogen-bond acceptors (Lipinski definition) is 4. The van der Waals surface area contributed by atoms with E-state index in [-0.39, 0.29) is 12.3 Å². The molecular weight excluding hydrogens is 320 g/mol. The molecule has 0 saturated heterocycles. The number of nitrogens with two attached hydrogens (primary N) is 1. The Kier molecular flexibility index (Phi) is 6.83. The number of carbonyl (C=O) groups is 2. The summed E-state index contributed by atoms with van der Waals surface area (Å²) in [5.41, 5.74) is 6.05. The number of ether oxygens (including phenoxy) is 2. The zero-order chi connectivity index (χ0) is 18.1. The maximum absolute atomic E-state index is 12.0. The molecule has 0 aliphatic carbocycles. The van der Waals surface area contributed by atoms with E-state index >= 15 is 0 Å². The van der Waals surface area contributed by atoms with Gasteiger partial charge in [0.15, 0.2) is 0 Å². The molecule has 0 radical (unpaired) electrons. The van der Waals surface area contributed by atoms with E-state index in [1.54, 1.807) is 55.6 Å². The van der Waals surface area contributed by atoms with Crippen molar-refractivity contribution in [3.8, 4) is 11.5 Å². The normalized spacial score (nSPS) is 11.4. The van der Waals surface area contributed by atoms with Crippen molar-refractivity contribution < 1.29 is 19.1 Å². The number of methoxy groups -OCH3 is 1. The Morgan fingerprint density at radius 3 is 2.28 bits per heavy atom. The molecule has 6 heteroatoms. The number of carbonyl (C=O) groups excluding carboxylic acids is 2. The van der Waals surface area contributed by atoms with E-state index in [1.165, 1.54) is 0 Å². The molecule has 2 rings (SSSR count). The largest absolute Gasteiger partial charge is 0.497 e. The molecule has 1 atom stereocenters. The van der Waals surface area contributed by atoms with Gasteiger partial charge in [-0.15, -0.1) is 0 Å². The number of rotatable bonds is 9. The Balaban J connectivity index is 1.76. The Labute approximate surface area is 146 Å². The smallest absolute Gasteiger partial charge is 0.244 e. The molecule has 25 heavy (non-hydrogen) atoms. The molecule has 2 aromatic carbocycles. The summed E-state index contributed by atoms with van der Waals surface area (Å²) in [4.78, 5) is 23.6. The van der Waals surface area contributed by atoms with Gasteiger partial charge in [0.05, 0.1) is 13.7 Å². The van der Waals surface area contributed by atoms with Crippen LogP contribution in [0.15, 0.2) is 54.6 Å². The molecule has 6 nitrogen and oxygen atoms in total. The highest BCUT2D eigenvalue weighted by Gasteiger charge is 2.19. The second-order valence-corrected chi connectivity index (χ2v) is 5.44. The Hall–Kier alpha value is -3.02. The Morgan fingerprint density at radius 2 is 1.68 bits per heavy atom. The first-order valence-electron chi connectivity index (χ1n) is 8.00. The second kappa shape index (κ2) is 9.32. The van der Waals surface area contributed by atoms with Gasteiger partial charge in [0, 0.05) is 6.42 Å². The molecule has 0 heterocycles. The molecule has 3 N–H and O–H groups in total. The van der Waals surface area contributed by atoms with Crippen LogP contribution < -0.4 is 20.5 Å². The van der Waals surface area contributed by atoms with Crippen LogP contribution in [0.3, 0.4) is 0 Å². The maximum Gasteiger partial charge on any atom is 0.244 e. The van der Waals surface area contributed by atoms with Crippen molar-refractivity contribution in [1.29, 1.82) is 0 Å². The van der Waals surface area contributed by atoms with Crippen LogP contribution in [-0.4, -0.2) is 25.5 Å². The topological polar surface area (TPSA) is 90.7 Å². The fraction of sp³-hybridized carbons (Fsp3) is 0.263. The number of amides is 2. The molecule has 0 fully saturated rings. The number of primary amides is 1. The van der Waals surface area contributed by atoms with Gasteiger partial charge in [-0.3, -0.25) is 9.59 Å². The van der Waals surface area contributed by atoms with Gasteiger partial charge in [-0.2, -0.15) is 0 Å². The first kappa shape index (κ1) is 18.3. The van der Waals surface area contributed by atoms with E-state index in [0.717, 1.165) is 5.75 Å². The average Bonchev–Trinajstić information content (AvgIpc) is 2.64. The lowest BCUT2D eigenvalue weighted by atomic mass is 10.1. The Morgan fingerprint density at radius 1 is 1.04 bits per heavy atom. The second-order valence-electron chi connectivity index (χ2n) is 5.44. The van der Waals surface area contributed by atoms with Crippen LogP contribution in [0.4, 0.5) is 0 Å². The fourth-order valence-electron chi connectivity index (χ4n) is 2.29. The molecule has 0 aliphatic heterocycles. The van der Waals surface area contributed by atoms with Crippen molar-refractivity contribution in [3.63, 3.8) is 0 Å². The van der Waals surface area contributed by atoms with Gasteiger partial charge < -0.3 is 20.5 Å². The molecule has 2 amide bonds. The third-order valence-electron chi connectivity index (χ3n) is 3.60. The predicted octanol–water partition coefficient (Wildman–Crippen LogP) is 2.20. The molecule has 0 aromatic heterocycles. The average molecular weight is 342 g/mol. The van der Waals surface area contributed by atoms with Crippen LogP contribution >= 0.6 is 0 Å². The van der Waals surface area contributed by atoms with Crippen LogP contribution in [0.1, 0.15) is 24.4 Å². The number of nitrogens with one attached hydrogen (secondary N) is 1. The molecule has 0 bridgehead atoms. The molecule has 0 aliphatic rings. The fourth-order valence-corrected chi connectivity index (χ4v) is 2.29. The van der Waals surface area contributed by atoms with Crippen molar-refractivity contribution in [2.45, 2.75) is 18.9 Å². The summed E-state index contributed by atoms with van der Waals surface area (Å²) < 4.78 is 10.6. The van der Waals surface area contributed by atoms with E-state index in [2.05, 4.69) is 5.32 Å². The van der Waals surface area contributed by atoms with Crippen LogP contribution in [0.5, 0.6) is 11.5 Å². The minimum Gasteiger partial charge on any atom is -0.497 e. The van der Waals surface area contributed by atoms with E-state index in [9.17, 15) is 9.59 Å². The van der Waals surface area contributed by atoms with Crippen LogP contribution in [0.25, 0.3) is 0 Å². The Bertz CT molecular complexity index is 686. The molecular formula is C19H22N2O4. The lowest BCUT2D eigenvalue weighted by Gasteiger charge is -2.16. The summed E-state index contributed by atoms with van der Waals surface area (Å²) in [6.45, 7) is 0.395. The van der Waals surface area contributed by atoms with E-state index in [0.29, 0.717) is 24.3 Å². The molecule has 0 spiro atoms. The minimum absolute atomic E-state index is 0.243. The van der Waals surface area contributed by atoms with Crippen molar-refractivity contribution in [3.05, 3.63) is 60.2 Å². The maximum atomic E-state index is 12.0. The van der Waals surface area contributed by atoms with Crippen LogP contribution in [-0.2, 0) is 9.59 Å². The zero-order valence-corrected chi connectivity index (χ0v) is 14.1. The number of benzene rings is 2. The van der Waals surface area contributed by atoms with Gasteiger partial charge in [-0.1, -0.05) is 30.3 Å². The van der Waals surface area contributed by atoms with Crippen LogP contribution in [0, 0.1) is 0 Å². The third kappa shape index (κ3) is 5.84. The van der Waals surface area contributed by atoms with E-state index in [4.69, 9.17) is 15.2 Å². The van der Waals surface area contributed by atoms with Gasteiger partial charge in [-0.05, 0) is 36.2 Å². The third-order valence-corrected chi connectivity index (χ3v) is 3.60. The SMILES string of the molecule is COc1ccc(OCCCC(=O)N[C@H](C(N)=O)c2ccccc2)cc1. The summed E-state index contributed by atoms with van der Waals surface area (Å²) in [6.07, 6.45) is 0.769. The van der Waals surface area contributed by atoms with Gasteiger partial charge in [0.25, 0.3) is 0 Å². The predicted molar refractivity (Wildman–Crippen MR) is 94.2 cm³/mol. The monoisotopic (exact) mass is 342 g/mol. The van der Waals surface area contributed by atoms with Crippen molar-refractivity contribution in [2.75, 3.05) is 13.7 Å². The lowest BCUT2D eigenvalue weighted by molar-refractivity contribution is -0.127. The molecule has 0 unspecified atom stereocenters. The summed E-state index contributed by atoms with van der Waals surface area (Å²) in [7, 11) is 1.60. The zero-order valence-electron chi connectivity index (χ0n) is 14.1. The van der Waals surface area contributed by atoms with Gasteiger partial charge in [0.2, 0.25) is 11.8 Å². The highest BCUT2D eigenvalue weighted by molar-refractivity contribution is 5.87. The standard InChI is InChI=1S/C19H22N2O4/c1-24-15-9-11-16(12-10-15)25-13-5-8-17(22)21-18(19(20)23)14-6-3-2-4-7-14/h2-4,6-7,9-12,18H,5,8,13H2,1H3,(H2,20,23)(H,21,22)/t18-/m0/s1. The highest BCUT2D eigenvalue weighted by atomic mass is 16.5. The van der Waals surface area contributed by atoms with Crippen molar-refractivity contribution in [1.82, 2.24) is 5.32 Å². The molecule has 2 aromatic rings. The summed E-state index contributed by atoms with van der Waals surface area (Å²) in [6, 6.07) is 15.3. The molecule has 132 valence electrons. The summed E-state index contributed by atoms with van der Waals surface area (Å²) in [5, 5.41) is 2.66. The van der Waals surface area contributed by atoms with Crippen molar-refractivity contribution >= 4 is 11.8 Å². The first-order valence-corrected chi connectivity index (χ1v) is 8.00.